The van der Waals surface area contributed by atoms with Crippen molar-refractivity contribution in [2.75, 3.05) is 41.3 Å². The Labute approximate surface area is 171 Å². The number of hydrogen-bond donors (Lipinski definition) is 1. The standard InChI is InChI=1S/C23H25N5O/c1-17-13-18(2)15-19(14-17)26-23(29)21-16-20(6-8-24-21)27-9-11-28(12-10-27)22-5-3-4-7-25-22/h3-8,13-16H,9-12H2,1-2H3,(H,26,29). The fourth-order valence-corrected chi connectivity index (χ4v) is 3.72. The van der Waals surface area contributed by atoms with Crippen molar-refractivity contribution in [3.05, 3.63) is 77.7 Å². The van der Waals surface area contributed by atoms with Crippen molar-refractivity contribution >= 4 is 23.1 Å². The molecule has 1 fully saturated rings. The number of rotatable bonds is 4. The predicted molar refractivity (Wildman–Crippen MR) is 117 cm³/mol. The van der Waals surface area contributed by atoms with E-state index in [2.05, 4.69) is 31.2 Å². The zero-order valence-corrected chi connectivity index (χ0v) is 16.8. The minimum Gasteiger partial charge on any atom is -0.368 e. The second-order valence-electron chi connectivity index (χ2n) is 7.39. The zero-order valence-electron chi connectivity index (χ0n) is 16.8. The van der Waals surface area contributed by atoms with Gasteiger partial charge in [-0.25, -0.2) is 4.98 Å². The van der Waals surface area contributed by atoms with Crippen LogP contribution in [0.25, 0.3) is 0 Å². The van der Waals surface area contributed by atoms with E-state index in [1.54, 1.807) is 6.20 Å². The highest BCUT2D eigenvalue weighted by molar-refractivity contribution is 6.03. The Bertz CT molecular complexity index is 977. The molecule has 1 N–H and O–H groups in total. The number of amides is 1. The van der Waals surface area contributed by atoms with Crippen molar-refractivity contribution < 1.29 is 4.79 Å². The van der Waals surface area contributed by atoms with Crippen LogP contribution in [0.4, 0.5) is 17.2 Å². The maximum Gasteiger partial charge on any atom is 0.274 e. The molecule has 0 saturated carbocycles. The molecule has 0 aliphatic carbocycles. The van der Waals surface area contributed by atoms with Crippen LogP contribution in [0.1, 0.15) is 21.6 Å². The van der Waals surface area contributed by atoms with E-state index in [-0.39, 0.29) is 5.91 Å². The van der Waals surface area contributed by atoms with Crippen molar-refractivity contribution in [2.24, 2.45) is 0 Å². The molecule has 0 radical (unpaired) electrons. The number of aryl methyl sites for hydroxylation is 2. The van der Waals surface area contributed by atoms with E-state index in [4.69, 9.17) is 0 Å². The molecule has 1 saturated heterocycles. The fourth-order valence-electron chi connectivity index (χ4n) is 3.72. The Kier molecular flexibility index (Phi) is 5.42. The van der Waals surface area contributed by atoms with Gasteiger partial charge in [0.1, 0.15) is 11.5 Å². The average molecular weight is 387 g/mol. The molecule has 1 aliphatic rings. The number of anilines is 3. The summed E-state index contributed by atoms with van der Waals surface area (Å²) in [5.74, 6) is 0.819. The van der Waals surface area contributed by atoms with Crippen LogP contribution in [0.5, 0.6) is 0 Å². The van der Waals surface area contributed by atoms with Gasteiger partial charge in [0.2, 0.25) is 0 Å². The fraction of sp³-hybridized carbons (Fsp3) is 0.261. The van der Waals surface area contributed by atoms with E-state index in [1.807, 2.05) is 62.5 Å². The number of nitrogens with zero attached hydrogens (tertiary/aromatic N) is 4. The van der Waals surface area contributed by atoms with Gasteiger partial charge < -0.3 is 15.1 Å². The van der Waals surface area contributed by atoms with Gasteiger partial charge in [-0.1, -0.05) is 12.1 Å². The van der Waals surface area contributed by atoms with Gasteiger partial charge in [0.25, 0.3) is 5.91 Å². The molecule has 4 rings (SSSR count). The number of nitrogens with one attached hydrogen (secondary N) is 1. The second kappa shape index (κ2) is 8.31. The summed E-state index contributed by atoms with van der Waals surface area (Å²) in [7, 11) is 0. The van der Waals surface area contributed by atoms with Crippen LogP contribution in [0.15, 0.2) is 60.9 Å². The minimum atomic E-state index is -0.191. The summed E-state index contributed by atoms with van der Waals surface area (Å²) in [5.41, 5.74) is 4.48. The summed E-state index contributed by atoms with van der Waals surface area (Å²) in [6.07, 6.45) is 3.53. The Morgan fingerprint density at radius 1 is 0.862 bits per heavy atom. The van der Waals surface area contributed by atoms with Crippen molar-refractivity contribution in [1.82, 2.24) is 9.97 Å². The zero-order chi connectivity index (χ0) is 20.2. The number of piperazine rings is 1. The van der Waals surface area contributed by atoms with Gasteiger partial charge in [-0.05, 0) is 61.4 Å². The highest BCUT2D eigenvalue weighted by atomic mass is 16.1. The lowest BCUT2D eigenvalue weighted by molar-refractivity contribution is 0.102. The monoisotopic (exact) mass is 387 g/mol. The number of carbonyl (C=O) groups excluding carboxylic acids is 1. The molecule has 6 heteroatoms. The molecule has 1 aliphatic heterocycles. The minimum absolute atomic E-state index is 0.191. The summed E-state index contributed by atoms with van der Waals surface area (Å²) in [4.78, 5) is 26.0. The van der Waals surface area contributed by atoms with Crippen LogP contribution in [0.2, 0.25) is 0 Å². The molecule has 6 nitrogen and oxygen atoms in total. The molecular formula is C23H25N5O. The first-order chi connectivity index (χ1) is 14.1. The van der Waals surface area contributed by atoms with Gasteiger partial charge in [0.05, 0.1) is 0 Å². The van der Waals surface area contributed by atoms with E-state index in [1.165, 1.54) is 0 Å². The third kappa shape index (κ3) is 4.54. The molecule has 3 heterocycles. The van der Waals surface area contributed by atoms with Crippen LogP contribution in [-0.4, -0.2) is 42.1 Å². The van der Waals surface area contributed by atoms with Crippen molar-refractivity contribution in [2.45, 2.75) is 13.8 Å². The highest BCUT2D eigenvalue weighted by Crippen LogP contribution is 2.20. The third-order valence-corrected chi connectivity index (χ3v) is 5.07. The molecule has 29 heavy (non-hydrogen) atoms. The van der Waals surface area contributed by atoms with E-state index in [0.29, 0.717) is 5.69 Å². The number of aromatic nitrogens is 2. The maximum absolute atomic E-state index is 12.7. The Morgan fingerprint density at radius 2 is 1.59 bits per heavy atom. The Morgan fingerprint density at radius 3 is 2.28 bits per heavy atom. The van der Waals surface area contributed by atoms with Crippen LogP contribution in [0.3, 0.4) is 0 Å². The van der Waals surface area contributed by atoms with Crippen LogP contribution in [-0.2, 0) is 0 Å². The number of pyridine rings is 2. The third-order valence-electron chi connectivity index (χ3n) is 5.07. The van der Waals surface area contributed by atoms with E-state index in [9.17, 15) is 4.79 Å². The molecule has 0 unspecified atom stereocenters. The summed E-state index contributed by atoms with van der Waals surface area (Å²) in [6.45, 7) is 7.57. The van der Waals surface area contributed by atoms with Gasteiger partial charge in [0, 0.05) is 49.9 Å². The number of benzene rings is 1. The lowest BCUT2D eigenvalue weighted by Gasteiger charge is -2.36. The first-order valence-corrected chi connectivity index (χ1v) is 9.85. The van der Waals surface area contributed by atoms with Crippen LogP contribution >= 0.6 is 0 Å². The van der Waals surface area contributed by atoms with Crippen molar-refractivity contribution in [1.29, 1.82) is 0 Å². The molecule has 1 amide bonds. The van der Waals surface area contributed by atoms with Crippen LogP contribution in [0, 0.1) is 13.8 Å². The normalized spacial score (nSPS) is 14.0. The molecule has 3 aromatic rings. The SMILES string of the molecule is Cc1cc(C)cc(NC(=O)c2cc(N3CCN(c4ccccn4)CC3)ccn2)c1. The number of hydrogen-bond acceptors (Lipinski definition) is 5. The van der Waals surface area contributed by atoms with E-state index >= 15 is 0 Å². The first kappa shape index (κ1) is 18.9. The van der Waals surface area contributed by atoms with E-state index in [0.717, 1.165) is 54.5 Å². The summed E-state index contributed by atoms with van der Waals surface area (Å²) in [6, 6.07) is 15.8. The molecule has 1 aromatic carbocycles. The first-order valence-electron chi connectivity index (χ1n) is 9.85. The topological polar surface area (TPSA) is 61.4 Å². The smallest absolute Gasteiger partial charge is 0.274 e. The summed E-state index contributed by atoms with van der Waals surface area (Å²) >= 11 is 0. The molecule has 0 spiro atoms. The summed E-state index contributed by atoms with van der Waals surface area (Å²) < 4.78 is 0. The Hall–Kier alpha value is -3.41. The lowest BCUT2D eigenvalue weighted by atomic mass is 10.1. The van der Waals surface area contributed by atoms with Crippen molar-refractivity contribution in [3.8, 4) is 0 Å². The quantitative estimate of drug-likeness (QED) is 0.740. The van der Waals surface area contributed by atoms with Crippen LogP contribution < -0.4 is 15.1 Å². The molecule has 148 valence electrons. The molecule has 2 aromatic heterocycles. The van der Waals surface area contributed by atoms with Crippen molar-refractivity contribution in [3.63, 3.8) is 0 Å². The molecule has 0 bridgehead atoms. The van der Waals surface area contributed by atoms with Gasteiger partial charge in [-0.15, -0.1) is 0 Å². The average Bonchev–Trinajstić information content (AvgIpc) is 2.74. The number of carbonyl (C=O) groups is 1. The summed E-state index contributed by atoms with van der Waals surface area (Å²) in [5, 5.41) is 2.96. The van der Waals surface area contributed by atoms with Gasteiger partial charge in [0.15, 0.2) is 0 Å². The lowest BCUT2D eigenvalue weighted by Crippen LogP contribution is -2.46. The largest absolute Gasteiger partial charge is 0.368 e. The molecule has 0 atom stereocenters. The second-order valence-corrected chi connectivity index (χ2v) is 7.39. The maximum atomic E-state index is 12.7. The van der Waals surface area contributed by atoms with Gasteiger partial charge >= 0.3 is 0 Å². The highest BCUT2D eigenvalue weighted by Gasteiger charge is 2.19. The van der Waals surface area contributed by atoms with E-state index < -0.39 is 0 Å². The van der Waals surface area contributed by atoms with Gasteiger partial charge in [-0.2, -0.15) is 0 Å². The molecular weight excluding hydrogens is 362 g/mol. The van der Waals surface area contributed by atoms with Gasteiger partial charge in [-0.3, -0.25) is 9.78 Å². The predicted octanol–water partition coefficient (Wildman–Crippen LogP) is 3.67. The Balaban J connectivity index is 1.43.